The van der Waals surface area contributed by atoms with Gasteiger partial charge in [0.15, 0.2) is 0 Å². The summed E-state index contributed by atoms with van der Waals surface area (Å²) in [7, 11) is 0. The van der Waals surface area contributed by atoms with Gasteiger partial charge in [0.1, 0.15) is 6.26 Å². The molecule has 1 fully saturated rings. The average molecular weight is 251 g/mol. The van der Waals surface area contributed by atoms with E-state index in [0.29, 0.717) is 6.04 Å². The zero-order valence-electron chi connectivity index (χ0n) is 11.8. The quantitative estimate of drug-likeness (QED) is 0.721. The lowest BCUT2D eigenvalue weighted by Crippen LogP contribution is -2.33. The zero-order valence-corrected chi connectivity index (χ0v) is 11.8. The van der Waals surface area contributed by atoms with E-state index in [0.717, 1.165) is 43.7 Å². The standard InChI is InChI=1S/C14H25N3O/c1-4-7-15-8-13-10-18-14(16-13)17(11(2)3)9-12-5-6-12/h10-12,15H,4-9H2,1-3H3. The number of rotatable bonds is 8. The predicted molar refractivity (Wildman–Crippen MR) is 73.7 cm³/mol. The molecule has 0 aromatic carbocycles. The van der Waals surface area contributed by atoms with Crippen LogP contribution in [0.1, 0.15) is 45.7 Å². The van der Waals surface area contributed by atoms with Gasteiger partial charge in [-0.2, -0.15) is 4.98 Å². The third kappa shape index (κ3) is 3.73. The minimum Gasteiger partial charge on any atom is -0.432 e. The first-order chi connectivity index (χ1) is 8.70. The molecule has 0 saturated heterocycles. The molecular formula is C14H25N3O. The van der Waals surface area contributed by atoms with Crippen LogP contribution in [0, 0.1) is 5.92 Å². The molecule has 4 nitrogen and oxygen atoms in total. The van der Waals surface area contributed by atoms with E-state index in [4.69, 9.17) is 4.42 Å². The van der Waals surface area contributed by atoms with Crippen LogP contribution in [0.15, 0.2) is 10.7 Å². The summed E-state index contributed by atoms with van der Waals surface area (Å²) in [6.07, 6.45) is 5.63. The molecule has 1 heterocycles. The molecule has 1 aromatic rings. The van der Waals surface area contributed by atoms with Crippen molar-refractivity contribution in [1.29, 1.82) is 0 Å². The highest BCUT2D eigenvalue weighted by molar-refractivity contribution is 5.29. The van der Waals surface area contributed by atoms with Crippen molar-refractivity contribution in [3.8, 4) is 0 Å². The highest BCUT2D eigenvalue weighted by Crippen LogP contribution is 2.32. The van der Waals surface area contributed by atoms with Crippen molar-refractivity contribution in [3.05, 3.63) is 12.0 Å². The number of hydrogen-bond acceptors (Lipinski definition) is 4. The molecule has 2 rings (SSSR count). The number of nitrogens with zero attached hydrogens (tertiary/aromatic N) is 2. The molecule has 0 spiro atoms. The first kappa shape index (κ1) is 13.4. The minimum absolute atomic E-state index is 0.445. The Labute approximate surface area is 110 Å². The van der Waals surface area contributed by atoms with Gasteiger partial charge < -0.3 is 14.6 Å². The molecular weight excluding hydrogens is 226 g/mol. The molecule has 0 bridgehead atoms. The second kappa shape index (κ2) is 6.23. The van der Waals surface area contributed by atoms with E-state index in [9.17, 15) is 0 Å². The highest BCUT2D eigenvalue weighted by Gasteiger charge is 2.27. The van der Waals surface area contributed by atoms with Crippen LogP contribution in [0.4, 0.5) is 6.01 Å². The molecule has 0 unspecified atom stereocenters. The van der Waals surface area contributed by atoms with Gasteiger partial charge in [-0.05, 0) is 45.6 Å². The van der Waals surface area contributed by atoms with Crippen LogP contribution >= 0.6 is 0 Å². The topological polar surface area (TPSA) is 41.3 Å². The molecule has 1 saturated carbocycles. The van der Waals surface area contributed by atoms with Crippen molar-refractivity contribution >= 4 is 6.01 Å². The number of aromatic nitrogens is 1. The second-order valence-electron chi connectivity index (χ2n) is 5.49. The maximum Gasteiger partial charge on any atom is 0.297 e. The largest absolute Gasteiger partial charge is 0.432 e. The summed E-state index contributed by atoms with van der Waals surface area (Å²) in [4.78, 5) is 6.86. The van der Waals surface area contributed by atoms with E-state index in [2.05, 4.69) is 36.0 Å². The van der Waals surface area contributed by atoms with E-state index >= 15 is 0 Å². The molecule has 1 aromatic heterocycles. The summed E-state index contributed by atoms with van der Waals surface area (Å²) in [6.45, 7) is 9.46. The van der Waals surface area contributed by atoms with Crippen molar-refractivity contribution in [2.45, 2.75) is 52.6 Å². The maximum absolute atomic E-state index is 5.62. The van der Waals surface area contributed by atoms with Crippen LogP contribution in [0.5, 0.6) is 0 Å². The predicted octanol–water partition coefficient (Wildman–Crippen LogP) is 2.80. The summed E-state index contributed by atoms with van der Waals surface area (Å²) in [5.74, 6) is 0.848. The molecule has 0 amide bonds. The van der Waals surface area contributed by atoms with E-state index in [-0.39, 0.29) is 0 Å². The number of hydrogen-bond donors (Lipinski definition) is 1. The van der Waals surface area contributed by atoms with Gasteiger partial charge in [-0.3, -0.25) is 0 Å². The summed E-state index contributed by atoms with van der Waals surface area (Å²) in [5.41, 5.74) is 1.000. The number of oxazole rings is 1. The minimum atomic E-state index is 0.445. The van der Waals surface area contributed by atoms with Crippen molar-refractivity contribution in [1.82, 2.24) is 10.3 Å². The van der Waals surface area contributed by atoms with Gasteiger partial charge in [-0.25, -0.2) is 0 Å². The molecule has 4 heteroatoms. The molecule has 102 valence electrons. The molecule has 1 N–H and O–H groups in total. The van der Waals surface area contributed by atoms with Crippen LogP contribution in [0.2, 0.25) is 0 Å². The Morgan fingerprint density at radius 3 is 2.89 bits per heavy atom. The first-order valence-corrected chi connectivity index (χ1v) is 7.12. The Kier molecular flexibility index (Phi) is 4.64. The third-order valence-corrected chi connectivity index (χ3v) is 3.29. The number of anilines is 1. The molecule has 0 atom stereocenters. The van der Waals surface area contributed by atoms with E-state index in [1.807, 2.05) is 0 Å². The molecule has 0 radical (unpaired) electrons. The Bertz CT molecular complexity index is 358. The Hall–Kier alpha value is -1.03. The lowest BCUT2D eigenvalue weighted by atomic mass is 10.3. The summed E-state index contributed by atoms with van der Waals surface area (Å²) < 4.78 is 5.62. The monoisotopic (exact) mass is 251 g/mol. The molecule has 0 aliphatic heterocycles. The summed E-state index contributed by atoms with van der Waals surface area (Å²) in [5, 5.41) is 3.34. The Morgan fingerprint density at radius 1 is 1.50 bits per heavy atom. The van der Waals surface area contributed by atoms with Gasteiger partial charge in [0.25, 0.3) is 6.01 Å². The van der Waals surface area contributed by atoms with Gasteiger partial charge in [-0.1, -0.05) is 6.92 Å². The van der Waals surface area contributed by atoms with Crippen LogP contribution in [-0.2, 0) is 6.54 Å². The van der Waals surface area contributed by atoms with E-state index in [1.54, 1.807) is 6.26 Å². The fourth-order valence-corrected chi connectivity index (χ4v) is 1.99. The summed E-state index contributed by atoms with van der Waals surface area (Å²) >= 11 is 0. The molecule has 1 aliphatic carbocycles. The van der Waals surface area contributed by atoms with Gasteiger partial charge in [0, 0.05) is 19.1 Å². The van der Waals surface area contributed by atoms with Crippen LogP contribution in [0.3, 0.4) is 0 Å². The number of nitrogens with one attached hydrogen (secondary N) is 1. The smallest absolute Gasteiger partial charge is 0.297 e. The SMILES string of the molecule is CCCNCc1coc(N(CC2CC2)C(C)C)n1. The van der Waals surface area contributed by atoms with Gasteiger partial charge >= 0.3 is 0 Å². The zero-order chi connectivity index (χ0) is 13.0. The lowest BCUT2D eigenvalue weighted by molar-refractivity contribution is 0.502. The lowest BCUT2D eigenvalue weighted by Gasteiger charge is -2.24. The fraction of sp³-hybridized carbons (Fsp3) is 0.786. The van der Waals surface area contributed by atoms with E-state index in [1.165, 1.54) is 12.8 Å². The van der Waals surface area contributed by atoms with Crippen molar-refractivity contribution < 1.29 is 4.42 Å². The van der Waals surface area contributed by atoms with Gasteiger partial charge in [0.05, 0.1) is 5.69 Å². The maximum atomic E-state index is 5.62. The summed E-state index contributed by atoms with van der Waals surface area (Å²) in [6, 6.07) is 1.23. The van der Waals surface area contributed by atoms with Gasteiger partial charge in [-0.15, -0.1) is 0 Å². The Balaban J connectivity index is 1.92. The van der Waals surface area contributed by atoms with Crippen molar-refractivity contribution in [2.75, 3.05) is 18.0 Å². The van der Waals surface area contributed by atoms with Crippen LogP contribution < -0.4 is 10.2 Å². The third-order valence-electron chi connectivity index (χ3n) is 3.29. The Morgan fingerprint density at radius 2 is 2.28 bits per heavy atom. The normalized spacial score (nSPS) is 15.3. The van der Waals surface area contributed by atoms with Crippen molar-refractivity contribution in [2.24, 2.45) is 5.92 Å². The molecule has 1 aliphatic rings. The van der Waals surface area contributed by atoms with Crippen molar-refractivity contribution in [3.63, 3.8) is 0 Å². The van der Waals surface area contributed by atoms with Crippen LogP contribution in [-0.4, -0.2) is 24.1 Å². The second-order valence-corrected chi connectivity index (χ2v) is 5.49. The average Bonchev–Trinajstić information content (AvgIpc) is 3.05. The first-order valence-electron chi connectivity index (χ1n) is 7.12. The van der Waals surface area contributed by atoms with Crippen LogP contribution in [0.25, 0.3) is 0 Å². The fourth-order valence-electron chi connectivity index (χ4n) is 1.99. The highest BCUT2D eigenvalue weighted by atomic mass is 16.4. The molecule has 18 heavy (non-hydrogen) atoms. The van der Waals surface area contributed by atoms with Gasteiger partial charge in [0.2, 0.25) is 0 Å². The van der Waals surface area contributed by atoms with E-state index < -0.39 is 0 Å².